The molecule has 174 valence electrons. The third-order valence-corrected chi connectivity index (χ3v) is 7.67. The maximum atomic E-state index is 13.6. The minimum atomic E-state index is -0.141. The molecule has 1 aliphatic carbocycles. The Hall–Kier alpha value is -3.71. The van der Waals surface area contributed by atoms with Crippen LogP contribution in [0.1, 0.15) is 39.0 Å². The van der Waals surface area contributed by atoms with E-state index in [1.54, 1.807) is 4.57 Å². The summed E-state index contributed by atoms with van der Waals surface area (Å²) in [6.07, 6.45) is 3.29. The molecule has 0 saturated carbocycles. The molecule has 7 heteroatoms. The van der Waals surface area contributed by atoms with Crippen molar-refractivity contribution in [1.29, 1.82) is 0 Å². The zero-order valence-electron chi connectivity index (χ0n) is 19.6. The van der Waals surface area contributed by atoms with E-state index in [9.17, 15) is 9.59 Å². The predicted molar refractivity (Wildman–Crippen MR) is 139 cm³/mol. The lowest BCUT2D eigenvalue weighted by Crippen LogP contribution is -2.22. The van der Waals surface area contributed by atoms with E-state index < -0.39 is 0 Å². The molecule has 0 radical (unpaired) electrons. The topological polar surface area (TPSA) is 69.3 Å². The van der Waals surface area contributed by atoms with Crippen molar-refractivity contribution < 1.29 is 4.79 Å². The molecule has 0 bridgehead atoms. The Bertz CT molecular complexity index is 1700. The Kier molecular flexibility index (Phi) is 5.29. The number of hydrogen-bond acceptors (Lipinski definition) is 5. The zero-order valence-corrected chi connectivity index (χ0v) is 20.4. The fraction of sp³-hybridized carbons (Fsp3) is 0.214. The van der Waals surface area contributed by atoms with Crippen molar-refractivity contribution in [2.45, 2.75) is 38.3 Å². The molecule has 0 atom stereocenters. The molecule has 2 heterocycles. The van der Waals surface area contributed by atoms with Crippen LogP contribution in [0.5, 0.6) is 0 Å². The largest absolute Gasteiger partial charge is 0.293 e. The van der Waals surface area contributed by atoms with Gasteiger partial charge in [0.2, 0.25) is 5.78 Å². The van der Waals surface area contributed by atoms with Gasteiger partial charge in [-0.15, -0.1) is 10.2 Å². The number of carbonyl (C=O) groups is 1. The highest BCUT2D eigenvalue weighted by Gasteiger charge is 2.20. The van der Waals surface area contributed by atoms with Crippen molar-refractivity contribution in [3.63, 3.8) is 0 Å². The van der Waals surface area contributed by atoms with Gasteiger partial charge in [-0.05, 0) is 74.1 Å². The molecule has 0 amide bonds. The van der Waals surface area contributed by atoms with E-state index in [1.807, 2.05) is 66.8 Å². The van der Waals surface area contributed by atoms with Crippen molar-refractivity contribution >= 4 is 34.2 Å². The zero-order chi connectivity index (χ0) is 24.1. The monoisotopic (exact) mass is 480 g/mol. The molecule has 0 N–H and O–H groups in total. The van der Waals surface area contributed by atoms with Crippen LogP contribution >= 0.6 is 11.8 Å². The lowest BCUT2D eigenvalue weighted by molar-refractivity contribution is 0.102. The molecule has 5 aromatic rings. The lowest BCUT2D eigenvalue weighted by Gasteiger charge is -2.13. The summed E-state index contributed by atoms with van der Waals surface area (Å²) >= 11 is 1.35. The van der Waals surface area contributed by atoms with E-state index in [2.05, 4.69) is 22.3 Å². The van der Waals surface area contributed by atoms with Crippen LogP contribution in [0.4, 0.5) is 0 Å². The van der Waals surface area contributed by atoms with Gasteiger partial charge in [0, 0.05) is 5.56 Å². The number of Topliss-reactive ketones (excluding diaryl/α,β-unsaturated/α-hetero) is 1. The average molecular weight is 481 g/mol. The van der Waals surface area contributed by atoms with Crippen molar-refractivity contribution in [3.8, 4) is 5.69 Å². The molecule has 2 aromatic heterocycles. The van der Waals surface area contributed by atoms with E-state index >= 15 is 0 Å². The molecule has 0 saturated heterocycles. The second-order valence-electron chi connectivity index (χ2n) is 9.11. The molecule has 0 spiro atoms. The molecule has 1 aliphatic rings. The smallest absolute Gasteiger partial charge is 0.267 e. The number of rotatable bonds is 5. The summed E-state index contributed by atoms with van der Waals surface area (Å²) in [5, 5.41) is 9.98. The maximum absolute atomic E-state index is 13.6. The third kappa shape index (κ3) is 3.67. The second-order valence-corrected chi connectivity index (χ2v) is 10.1. The highest BCUT2D eigenvalue weighted by Crippen LogP contribution is 2.27. The molecular weight excluding hydrogens is 456 g/mol. The summed E-state index contributed by atoms with van der Waals surface area (Å²) in [6, 6.07) is 19.5. The Morgan fingerprint density at radius 1 is 0.971 bits per heavy atom. The van der Waals surface area contributed by atoms with Gasteiger partial charge in [0.25, 0.3) is 5.56 Å². The minimum absolute atomic E-state index is 0.0634. The molecule has 35 heavy (non-hydrogen) atoms. The first kappa shape index (κ1) is 21.8. The molecule has 0 aliphatic heterocycles. The van der Waals surface area contributed by atoms with E-state index in [0.717, 1.165) is 47.2 Å². The van der Waals surface area contributed by atoms with E-state index in [-0.39, 0.29) is 17.1 Å². The SMILES string of the molecule is Cc1ccc(-n2c(=O)c3ccccc3n3c(SCC(=O)c4ccc5c(c4)CCC5)nnc23)c(C)c1. The maximum Gasteiger partial charge on any atom is 0.267 e. The molecule has 0 fully saturated rings. The number of hydrogen-bond donors (Lipinski definition) is 0. The van der Waals surface area contributed by atoms with E-state index in [0.29, 0.717) is 16.3 Å². The van der Waals surface area contributed by atoms with Crippen LogP contribution in [0.15, 0.2) is 70.6 Å². The number of thioether (sulfide) groups is 1. The van der Waals surface area contributed by atoms with E-state index in [4.69, 9.17) is 0 Å². The molecule has 3 aromatic carbocycles. The summed E-state index contributed by atoms with van der Waals surface area (Å²) < 4.78 is 3.51. The Morgan fingerprint density at radius 3 is 2.66 bits per heavy atom. The first-order chi connectivity index (χ1) is 17.0. The van der Waals surface area contributed by atoms with Gasteiger partial charge in [0.1, 0.15) is 0 Å². The Labute approximate surface area is 206 Å². The van der Waals surface area contributed by atoms with Crippen LogP contribution < -0.4 is 5.56 Å². The fourth-order valence-electron chi connectivity index (χ4n) is 5.00. The van der Waals surface area contributed by atoms with Crippen LogP contribution in [0, 0.1) is 13.8 Å². The predicted octanol–water partition coefficient (Wildman–Crippen LogP) is 5.11. The van der Waals surface area contributed by atoms with Crippen LogP contribution in [-0.4, -0.2) is 30.7 Å². The second kappa shape index (κ2) is 8.50. The summed E-state index contributed by atoms with van der Waals surface area (Å²) in [6.45, 7) is 4.02. The average Bonchev–Trinajstić information content (AvgIpc) is 3.50. The van der Waals surface area contributed by atoms with Crippen LogP contribution in [0.25, 0.3) is 22.4 Å². The fourth-order valence-corrected chi connectivity index (χ4v) is 5.84. The number of aryl methyl sites for hydroxylation is 4. The summed E-state index contributed by atoms with van der Waals surface area (Å²) in [4.78, 5) is 26.6. The summed E-state index contributed by atoms with van der Waals surface area (Å²) in [7, 11) is 0. The van der Waals surface area contributed by atoms with Crippen molar-refractivity contribution in [2.24, 2.45) is 0 Å². The number of fused-ring (bicyclic) bond motifs is 4. The Morgan fingerprint density at radius 2 is 1.80 bits per heavy atom. The number of aromatic nitrogens is 4. The third-order valence-electron chi connectivity index (χ3n) is 6.74. The Balaban J connectivity index is 1.44. The highest BCUT2D eigenvalue weighted by atomic mass is 32.2. The normalized spacial score (nSPS) is 13.0. The number of ketones is 1. The van der Waals surface area contributed by atoms with Crippen LogP contribution in [-0.2, 0) is 12.8 Å². The number of nitrogens with zero attached hydrogens (tertiary/aromatic N) is 4. The van der Waals surface area contributed by atoms with Crippen molar-refractivity contribution in [2.75, 3.05) is 5.75 Å². The lowest BCUT2D eigenvalue weighted by atomic mass is 10.0. The number of carbonyl (C=O) groups excluding carboxylic acids is 1. The molecule has 0 unspecified atom stereocenters. The number of para-hydroxylation sites is 1. The molecular formula is C28H24N4O2S. The van der Waals surface area contributed by atoms with Gasteiger partial charge in [-0.3, -0.25) is 14.0 Å². The van der Waals surface area contributed by atoms with Crippen LogP contribution in [0.2, 0.25) is 0 Å². The van der Waals surface area contributed by atoms with Gasteiger partial charge < -0.3 is 0 Å². The van der Waals surface area contributed by atoms with Gasteiger partial charge in [-0.25, -0.2) is 4.57 Å². The van der Waals surface area contributed by atoms with Crippen LogP contribution in [0.3, 0.4) is 0 Å². The van der Waals surface area contributed by atoms with Gasteiger partial charge in [0.15, 0.2) is 10.9 Å². The highest BCUT2D eigenvalue weighted by molar-refractivity contribution is 7.99. The first-order valence-corrected chi connectivity index (χ1v) is 12.7. The standard InChI is InChI=1S/C28H24N4O2S/c1-17-10-13-23(18(2)14-17)31-26(34)22-8-3-4-9-24(22)32-27(31)29-30-28(32)35-16-25(33)21-12-11-19-6-5-7-20(19)15-21/h3-4,8-15H,5-7,16H2,1-2H3. The first-order valence-electron chi connectivity index (χ1n) is 11.8. The van der Waals surface area contributed by atoms with Gasteiger partial charge in [-0.1, -0.05) is 53.7 Å². The summed E-state index contributed by atoms with van der Waals surface area (Å²) in [5.74, 6) is 0.748. The van der Waals surface area contributed by atoms with Gasteiger partial charge >= 0.3 is 0 Å². The van der Waals surface area contributed by atoms with Gasteiger partial charge in [-0.2, -0.15) is 0 Å². The summed E-state index contributed by atoms with van der Waals surface area (Å²) in [5.41, 5.74) is 6.85. The quantitative estimate of drug-likeness (QED) is 0.258. The van der Waals surface area contributed by atoms with Gasteiger partial charge in [0.05, 0.1) is 22.3 Å². The minimum Gasteiger partial charge on any atom is -0.293 e. The van der Waals surface area contributed by atoms with E-state index in [1.165, 1.54) is 22.9 Å². The van der Waals surface area contributed by atoms with Crippen molar-refractivity contribution in [3.05, 3.63) is 98.8 Å². The molecule has 6 nitrogen and oxygen atoms in total. The molecule has 6 rings (SSSR count). The number of benzene rings is 3. The van der Waals surface area contributed by atoms with Crippen molar-refractivity contribution in [1.82, 2.24) is 19.2 Å².